The number of rotatable bonds is 7. The summed E-state index contributed by atoms with van der Waals surface area (Å²) in [6.07, 6.45) is 7.07. The Labute approximate surface area is 123 Å². The van der Waals surface area contributed by atoms with Gasteiger partial charge in [0.1, 0.15) is 5.69 Å². The largest absolute Gasteiger partial charge is 0.461 e. The predicted octanol–water partition coefficient (Wildman–Crippen LogP) is 2.63. The number of hydrogen-bond donors (Lipinski definition) is 1. The zero-order valence-corrected chi connectivity index (χ0v) is 12.2. The average molecular weight is 288 g/mol. The Morgan fingerprint density at radius 3 is 3.00 bits per heavy atom. The van der Waals surface area contributed by atoms with Gasteiger partial charge in [0, 0.05) is 36.5 Å². The van der Waals surface area contributed by atoms with Crippen LogP contribution in [0.2, 0.25) is 0 Å². The first-order chi connectivity index (χ1) is 10.2. The molecule has 0 amide bonds. The zero-order chi connectivity index (χ0) is 15.2. The third-order valence-electron chi connectivity index (χ3n) is 3.31. The van der Waals surface area contributed by atoms with Crippen LogP contribution in [0.1, 0.15) is 35.8 Å². The molecule has 0 bridgehead atoms. The number of carbonyl (C=O) groups is 1. The number of carbonyl (C=O) groups excluding carboxylic acids is 1. The van der Waals surface area contributed by atoms with Crippen molar-refractivity contribution in [2.75, 3.05) is 13.2 Å². The summed E-state index contributed by atoms with van der Waals surface area (Å²) < 4.78 is 7.05. The summed E-state index contributed by atoms with van der Waals surface area (Å²) in [4.78, 5) is 16.0. The van der Waals surface area contributed by atoms with E-state index in [1.54, 1.807) is 25.3 Å². The second-order valence-corrected chi connectivity index (χ2v) is 4.72. The van der Waals surface area contributed by atoms with E-state index in [1.165, 1.54) is 0 Å². The number of aryl methyl sites for hydroxylation is 1. The molecule has 0 aliphatic rings. The number of hydrogen-bond acceptors (Lipinski definition) is 4. The number of esters is 1. The van der Waals surface area contributed by atoms with Crippen molar-refractivity contribution in [2.45, 2.75) is 26.3 Å². The fourth-order valence-corrected chi connectivity index (χ4v) is 2.27. The Kier molecular flexibility index (Phi) is 5.11. The fourth-order valence-electron chi connectivity index (χ4n) is 2.27. The summed E-state index contributed by atoms with van der Waals surface area (Å²) in [5.74, 6) is -0.414. The summed E-state index contributed by atoms with van der Waals surface area (Å²) in [6, 6.07) is 1.75. The van der Waals surface area contributed by atoms with Gasteiger partial charge in [-0.1, -0.05) is 12.7 Å². The van der Waals surface area contributed by atoms with E-state index in [-0.39, 0.29) is 6.61 Å². The van der Waals surface area contributed by atoms with Crippen LogP contribution in [0.3, 0.4) is 0 Å². The molecule has 0 aliphatic carbocycles. The van der Waals surface area contributed by atoms with Gasteiger partial charge in [-0.2, -0.15) is 0 Å². The molecule has 0 aromatic carbocycles. The van der Waals surface area contributed by atoms with Crippen LogP contribution in [0.25, 0.3) is 17.0 Å². The summed E-state index contributed by atoms with van der Waals surface area (Å²) in [6.45, 7) is 6.86. The van der Waals surface area contributed by atoms with Crippen LogP contribution < -0.4 is 0 Å². The Morgan fingerprint density at radius 2 is 2.33 bits per heavy atom. The van der Waals surface area contributed by atoms with Crippen LogP contribution in [0.5, 0.6) is 0 Å². The maximum Gasteiger partial charge on any atom is 0.356 e. The topological polar surface area (TPSA) is 64.4 Å². The zero-order valence-electron chi connectivity index (χ0n) is 12.2. The lowest BCUT2D eigenvalue weighted by Crippen LogP contribution is -2.07. The number of aliphatic hydroxyl groups excluding tert-OH is 1. The summed E-state index contributed by atoms with van der Waals surface area (Å²) in [5.41, 5.74) is 2.22. The van der Waals surface area contributed by atoms with Gasteiger partial charge in [0.05, 0.1) is 12.1 Å². The van der Waals surface area contributed by atoms with E-state index >= 15 is 0 Å². The number of pyridine rings is 1. The number of fused-ring (bicyclic) bond motifs is 1. The summed E-state index contributed by atoms with van der Waals surface area (Å²) in [5, 5.41) is 9.85. The van der Waals surface area contributed by atoms with Gasteiger partial charge in [-0.15, -0.1) is 0 Å². The van der Waals surface area contributed by atoms with E-state index in [0.717, 1.165) is 35.9 Å². The first-order valence-electron chi connectivity index (χ1n) is 7.10. The molecule has 5 nitrogen and oxygen atoms in total. The number of unbranched alkanes of at least 4 members (excludes halogenated alkanes) is 1. The lowest BCUT2D eigenvalue weighted by atomic mass is 10.2. The molecule has 0 saturated carbocycles. The lowest BCUT2D eigenvalue weighted by Gasteiger charge is -2.06. The Balaban J connectivity index is 2.39. The van der Waals surface area contributed by atoms with Gasteiger partial charge >= 0.3 is 5.97 Å². The molecule has 0 atom stereocenters. The SMILES string of the molecule is C=Cc1cn(CCCCO)c2cc(C(=O)OCC)ncc12. The monoisotopic (exact) mass is 288 g/mol. The third-order valence-corrected chi connectivity index (χ3v) is 3.31. The van der Waals surface area contributed by atoms with Crippen LogP contribution in [0, 0.1) is 0 Å². The standard InChI is InChI=1S/C16H20N2O3/c1-3-12-11-18(7-5-6-8-19)15-9-14(16(20)21-4-2)17-10-13(12)15/h3,9-11,19H,1,4-8H2,2H3. The molecule has 1 N–H and O–H groups in total. The van der Waals surface area contributed by atoms with Crippen LogP contribution in [0.4, 0.5) is 0 Å². The van der Waals surface area contributed by atoms with Crippen LogP contribution in [0.15, 0.2) is 25.0 Å². The van der Waals surface area contributed by atoms with Gasteiger partial charge < -0.3 is 14.4 Å². The maximum absolute atomic E-state index is 11.8. The molecular weight excluding hydrogens is 268 g/mol. The average Bonchev–Trinajstić information content (AvgIpc) is 2.85. The molecule has 21 heavy (non-hydrogen) atoms. The quantitative estimate of drug-likeness (QED) is 0.628. The van der Waals surface area contributed by atoms with E-state index in [0.29, 0.717) is 12.3 Å². The molecule has 0 aliphatic heterocycles. The molecule has 2 aromatic rings. The molecule has 2 rings (SSSR count). The first-order valence-corrected chi connectivity index (χ1v) is 7.10. The summed E-state index contributed by atoms with van der Waals surface area (Å²) in [7, 11) is 0. The summed E-state index contributed by atoms with van der Waals surface area (Å²) >= 11 is 0. The number of aliphatic hydroxyl groups is 1. The molecule has 112 valence electrons. The molecule has 0 unspecified atom stereocenters. The maximum atomic E-state index is 11.8. The van der Waals surface area contributed by atoms with Crippen molar-refractivity contribution >= 4 is 22.9 Å². The van der Waals surface area contributed by atoms with E-state index in [9.17, 15) is 4.79 Å². The Morgan fingerprint density at radius 1 is 1.52 bits per heavy atom. The predicted molar refractivity (Wildman–Crippen MR) is 82.1 cm³/mol. The molecule has 0 spiro atoms. The Hall–Kier alpha value is -2.14. The van der Waals surface area contributed by atoms with Gasteiger partial charge in [-0.05, 0) is 25.8 Å². The third kappa shape index (κ3) is 3.31. The highest BCUT2D eigenvalue weighted by Gasteiger charge is 2.13. The first kappa shape index (κ1) is 15.3. The molecule has 5 heteroatoms. The molecule has 2 aromatic heterocycles. The van der Waals surface area contributed by atoms with Crippen LogP contribution in [-0.4, -0.2) is 33.8 Å². The Bertz CT molecular complexity index is 646. The highest BCUT2D eigenvalue weighted by molar-refractivity contribution is 5.95. The van der Waals surface area contributed by atoms with E-state index < -0.39 is 5.97 Å². The van der Waals surface area contributed by atoms with Crippen molar-refractivity contribution in [3.8, 4) is 0 Å². The van der Waals surface area contributed by atoms with Gasteiger partial charge in [0.25, 0.3) is 0 Å². The molecule has 0 fully saturated rings. The number of nitrogens with zero attached hydrogens (tertiary/aromatic N) is 2. The molecule has 0 saturated heterocycles. The minimum Gasteiger partial charge on any atom is -0.461 e. The van der Waals surface area contributed by atoms with E-state index in [4.69, 9.17) is 9.84 Å². The minimum atomic E-state index is -0.414. The van der Waals surface area contributed by atoms with Gasteiger partial charge in [-0.3, -0.25) is 0 Å². The van der Waals surface area contributed by atoms with Crippen molar-refractivity contribution in [3.05, 3.63) is 36.3 Å². The second kappa shape index (κ2) is 7.04. The van der Waals surface area contributed by atoms with Gasteiger partial charge in [0.15, 0.2) is 0 Å². The highest BCUT2D eigenvalue weighted by atomic mass is 16.5. The second-order valence-electron chi connectivity index (χ2n) is 4.72. The van der Waals surface area contributed by atoms with Gasteiger partial charge in [-0.25, -0.2) is 9.78 Å². The van der Waals surface area contributed by atoms with Crippen LogP contribution in [-0.2, 0) is 11.3 Å². The van der Waals surface area contributed by atoms with Gasteiger partial charge in [0.2, 0.25) is 0 Å². The van der Waals surface area contributed by atoms with Crippen molar-refractivity contribution in [1.29, 1.82) is 0 Å². The van der Waals surface area contributed by atoms with Crippen molar-refractivity contribution in [1.82, 2.24) is 9.55 Å². The van der Waals surface area contributed by atoms with E-state index in [2.05, 4.69) is 16.1 Å². The number of aromatic nitrogens is 2. The minimum absolute atomic E-state index is 0.184. The smallest absolute Gasteiger partial charge is 0.356 e. The number of ether oxygens (including phenoxy) is 1. The normalized spacial score (nSPS) is 10.8. The van der Waals surface area contributed by atoms with Crippen molar-refractivity contribution in [2.24, 2.45) is 0 Å². The fraction of sp³-hybridized carbons (Fsp3) is 0.375. The van der Waals surface area contributed by atoms with Crippen molar-refractivity contribution < 1.29 is 14.6 Å². The molecular formula is C16H20N2O3. The highest BCUT2D eigenvalue weighted by Crippen LogP contribution is 2.23. The molecule has 2 heterocycles. The van der Waals surface area contributed by atoms with Crippen molar-refractivity contribution in [3.63, 3.8) is 0 Å². The van der Waals surface area contributed by atoms with E-state index in [1.807, 2.05) is 6.20 Å². The molecule has 0 radical (unpaired) electrons. The lowest BCUT2D eigenvalue weighted by molar-refractivity contribution is 0.0519. The van der Waals surface area contributed by atoms with Crippen LogP contribution >= 0.6 is 0 Å².